The second-order valence-corrected chi connectivity index (χ2v) is 6.49. The van der Waals surface area contributed by atoms with Gasteiger partial charge >= 0.3 is 5.97 Å². The first kappa shape index (κ1) is 19.1. The van der Waals surface area contributed by atoms with Crippen LogP contribution in [0.1, 0.15) is 49.9 Å². The van der Waals surface area contributed by atoms with E-state index in [1.807, 2.05) is 0 Å². The average molecular weight is 349 g/mol. The Labute approximate surface area is 148 Å². The molecule has 0 bridgehead atoms. The molecule has 1 N–H and O–H groups in total. The molecule has 6 heteroatoms. The van der Waals surface area contributed by atoms with Crippen molar-refractivity contribution in [3.05, 3.63) is 23.8 Å². The van der Waals surface area contributed by atoms with E-state index in [0.717, 1.165) is 19.3 Å². The molecule has 0 aromatic heterocycles. The van der Waals surface area contributed by atoms with Gasteiger partial charge in [-0.3, -0.25) is 4.79 Å². The van der Waals surface area contributed by atoms with Gasteiger partial charge in [-0.2, -0.15) is 0 Å². The predicted molar refractivity (Wildman–Crippen MR) is 94.0 cm³/mol. The first-order valence-corrected chi connectivity index (χ1v) is 8.69. The molecule has 1 fully saturated rings. The summed E-state index contributed by atoms with van der Waals surface area (Å²) < 4.78 is 15.6. The number of ether oxygens (including phenoxy) is 3. The fourth-order valence-electron chi connectivity index (χ4n) is 3.08. The van der Waals surface area contributed by atoms with Crippen LogP contribution < -0.4 is 14.8 Å². The summed E-state index contributed by atoms with van der Waals surface area (Å²) in [5.41, 5.74) is 0.258. The maximum atomic E-state index is 12.4. The minimum absolute atomic E-state index is 0.151. The van der Waals surface area contributed by atoms with E-state index >= 15 is 0 Å². The van der Waals surface area contributed by atoms with Gasteiger partial charge in [-0.1, -0.05) is 19.8 Å². The summed E-state index contributed by atoms with van der Waals surface area (Å²) in [6, 6.07) is 4.96. The minimum Gasteiger partial charge on any atom is -0.497 e. The zero-order valence-corrected chi connectivity index (χ0v) is 15.3. The molecule has 25 heavy (non-hydrogen) atoms. The molecule has 1 saturated carbocycles. The van der Waals surface area contributed by atoms with Crippen LogP contribution in [0.2, 0.25) is 0 Å². The van der Waals surface area contributed by atoms with Crippen LogP contribution in [0.5, 0.6) is 11.5 Å². The summed E-state index contributed by atoms with van der Waals surface area (Å²) in [5, 5.41) is 3.00. The molecule has 1 aromatic carbocycles. The lowest BCUT2D eigenvalue weighted by Gasteiger charge is -2.30. The van der Waals surface area contributed by atoms with E-state index in [1.54, 1.807) is 25.1 Å². The van der Waals surface area contributed by atoms with Crippen molar-refractivity contribution in [2.45, 2.75) is 51.7 Å². The van der Waals surface area contributed by atoms with Crippen LogP contribution in [0.15, 0.2) is 18.2 Å². The summed E-state index contributed by atoms with van der Waals surface area (Å²) in [6.07, 6.45) is 3.54. The van der Waals surface area contributed by atoms with Gasteiger partial charge in [0.05, 0.1) is 14.2 Å². The van der Waals surface area contributed by atoms with E-state index < -0.39 is 12.1 Å². The summed E-state index contributed by atoms with van der Waals surface area (Å²) in [4.78, 5) is 24.7. The normalized spacial score (nSPS) is 21.1. The van der Waals surface area contributed by atoms with Crippen molar-refractivity contribution in [1.29, 1.82) is 0 Å². The summed E-state index contributed by atoms with van der Waals surface area (Å²) >= 11 is 0. The SMILES string of the molecule is COc1ccc(C(=O)O[C@H](C)C(=O)N[C@H]2CCCC[C@@H]2C)c(OC)c1. The third-order valence-electron chi connectivity index (χ3n) is 4.72. The smallest absolute Gasteiger partial charge is 0.342 e. The summed E-state index contributed by atoms with van der Waals surface area (Å²) in [7, 11) is 3.00. The number of benzene rings is 1. The van der Waals surface area contributed by atoms with Crippen molar-refractivity contribution in [2.24, 2.45) is 5.92 Å². The van der Waals surface area contributed by atoms with E-state index in [-0.39, 0.29) is 17.5 Å². The molecule has 6 nitrogen and oxygen atoms in total. The highest BCUT2D eigenvalue weighted by molar-refractivity contribution is 5.94. The van der Waals surface area contributed by atoms with E-state index in [4.69, 9.17) is 14.2 Å². The Morgan fingerprint density at radius 2 is 1.88 bits per heavy atom. The number of carbonyl (C=O) groups is 2. The van der Waals surface area contributed by atoms with Gasteiger partial charge in [-0.25, -0.2) is 4.79 Å². The molecule has 0 radical (unpaired) electrons. The number of methoxy groups -OCH3 is 2. The average Bonchev–Trinajstić information content (AvgIpc) is 2.62. The Bertz CT molecular complexity index is 616. The van der Waals surface area contributed by atoms with E-state index in [9.17, 15) is 9.59 Å². The number of nitrogens with one attached hydrogen (secondary N) is 1. The topological polar surface area (TPSA) is 73.9 Å². The van der Waals surface area contributed by atoms with Gasteiger partial charge in [-0.05, 0) is 37.8 Å². The lowest BCUT2D eigenvalue weighted by Crippen LogP contribution is -2.46. The van der Waals surface area contributed by atoms with E-state index in [1.165, 1.54) is 20.6 Å². The van der Waals surface area contributed by atoms with Gasteiger partial charge < -0.3 is 19.5 Å². The van der Waals surface area contributed by atoms with Crippen molar-refractivity contribution in [3.63, 3.8) is 0 Å². The van der Waals surface area contributed by atoms with Crippen LogP contribution in [-0.4, -0.2) is 38.2 Å². The van der Waals surface area contributed by atoms with Crippen LogP contribution in [0, 0.1) is 5.92 Å². The second-order valence-electron chi connectivity index (χ2n) is 6.49. The van der Waals surface area contributed by atoms with Gasteiger partial charge in [0.25, 0.3) is 5.91 Å². The molecule has 1 aromatic rings. The summed E-state index contributed by atoms with van der Waals surface area (Å²) in [5.74, 6) is 0.504. The molecule has 1 aliphatic rings. The standard InChI is InChI=1S/C19H27NO5/c1-12-7-5-6-8-16(12)20-18(21)13(2)25-19(22)15-10-9-14(23-3)11-17(15)24-4/h9-13,16H,5-8H2,1-4H3,(H,20,21)/t12-,13+,16-/m0/s1. The van der Waals surface area contributed by atoms with Crippen LogP contribution >= 0.6 is 0 Å². The van der Waals surface area contributed by atoms with Gasteiger partial charge in [-0.15, -0.1) is 0 Å². The maximum absolute atomic E-state index is 12.4. The summed E-state index contributed by atoms with van der Waals surface area (Å²) in [6.45, 7) is 3.72. The number of esters is 1. The van der Waals surface area contributed by atoms with E-state index in [0.29, 0.717) is 17.4 Å². The van der Waals surface area contributed by atoms with Crippen molar-refractivity contribution in [2.75, 3.05) is 14.2 Å². The molecule has 1 aliphatic carbocycles. The number of rotatable bonds is 6. The van der Waals surface area contributed by atoms with Gasteiger partial charge in [0.2, 0.25) is 0 Å². The number of carbonyl (C=O) groups excluding carboxylic acids is 2. The molecular formula is C19H27NO5. The van der Waals surface area contributed by atoms with Crippen molar-refractivity contribution in [3.8, 4) is 11.5 Å². The Morgan fingerprint density at radius 3 is 2.52 bits per heavy atom. The van der Waals surface area contributed by atoms with Crippen molar-refractivity contribution in [1.82, 2.24) is 5.32 Å². The Kier molecular flexibility index (Phi) is 6.67. The first-order chi connectivity index (χ1) is 12.0. The van der Waals surface area contributed by atoms with Crippen LogP contribution in [-0.2, 0) is 9.53 Å². The zero-order valence-electron chi connectivity index (χ0n) is 15.3. The van der Waals surface area contributed by atoms with Gasteiger partial charge in [0, 0.05) is 12.1 Å². The first-order valence-electron chi connectivity index (χ1n) is 8.69. The minimum atomic E-state index is -0.867. The molecule has 3 atom stereocenters. The fraction of sp³-hybridized carbons (Fsp3) is 0.579. The Morgan fingerprint density at radius 1 is 1.16 bits per heavy atom. The molecular weight excluding hydrogens is 322 g/mol. The third kappa shape index (κ3) is 4.87. The molecule has 1 amide bonds. The van der Waals surface area contributed by atoms with Gasteiger partial charge in [0.15, 0.2) is 6.10 Å². The Balaban J connectivity index is 1.98. The highest BCUT2D eigenvalue weighted by Gasteiger charge is 2.27. The van der Waals surface area contributed by atoms with Gasteiger partial charge in [0.1, 0.15) is 17.1 Å². The molecule has 0 spiro atoms. The molecule has 138 valence electrons. The quantitative estimate of drug-likeness (QED) is 0.799. The Hall–Kier alpha value is -2.24. The highest BCUT2D eigenvalue weighted by Crippen LogP contribution is 2.26. The van der Waals surface area contributed by atoms with Crippen molar-refractivity contribution >= 4 is 11.9 Å². The molecule has 0 aliphatic heterocycles. The largest absolute Gasteiger partial charge is 0.497 e. The van der Waals surface area contributed by atoms with Crippen LogP contribution in [0.3, 0.4) is 0 Å². The highest BCUT2D eigenvalue weighted by atomic mass is 16.5. The second kappa shape index (κ2) is 8.74. The molecule has 0 saturated heterocycles. The third-order valence-corrected chi connectivity index (χ3v) is 4.72. The lowest BCUT2D eigenvalue weighted by atomic mass is 9.86. The molecule has 0 unspecified atom stereocenters. The molecule has 2 rings (SSSR count). The zero-order chi connectivity index (χ0) is 18.4. The number of hydrogen-bond acceptors (Lipinski definition) is 5. The maximum Gasteiger partial charge on any atom is 0.342 e. The number of hydrogen-bond donors (Lipinski definition) is 1. The van der Waals surface area contributed by atoms with Crippen LogP contribution in [0.4, 0.5) is 0 Å². The monoisotopic (exact) mass is 349 g/mol. The van der Waals surface area contributed by atoms with Crippen molar-refractivity contribution < 1.29 is 23.8 Å². The van der Waals surface area contributed by atoms with E-state index in [2.05, 4.69) is 12.2 Å². The van der Waals surface area contributed by atoms with Crippen LogP contribution in [0.25, 0.3) is 0 Å². The fourth-order valence-corrected chi connectivity index (χ4v) is 3.08. The predicted octanol–water partition coefficient (Wildman–Crippen LogP) is 2.94. The number of amides is 1. The molecule has 0 heterocycles. The lowest BCUT2D eigenvalue weighted by molar-refractivity contribution is -0.130.